The van der Waals surface area contributed by atoms with Crippen LogP contribution >= 0.6 is 15.9 Å². The quantitative estimate of drug-likeness (QED) is 0.192. The molecule has 1 N–H and O–H groups in total. The van der Waals surface area contributed by atoms with Gasteiger partial charge in [-0.2, -0.15) is 5.10 Å². The number of carbonyl (C=O) groups excluding carboxylic acids is 1. The number of hydrazone groups is 1. The number of nitro benzene ring substituents is 1. The van der Waals surface area contributed by atoms with Crippen molar-refractivity contribution in [2.75, 3.05) is 24.6 Å². The minimum absolute atomic E-state index is 0.0244. The van der Waals surface area contributed by atoms with Crippen LogP contribution in [-0.2, 0) is 6.61 Å². The molecule has 1 saturated heterocycles. The Bertz CT molecular complexity index is 1270. The van der Waals surface area contributed by atoms with Gasteiger partial charge in [-0.15, -0.1) is 0 Å². The zero-order chi connectivity index (χ0) is 26.2. The monoisotopic (exact) mass is 566 g/mol. The first-order valence-corrected chi connectivity index (χ1v) is 12.7. The van der Waals surface area contributed by atoms with Crippen LogP contribution in [0, 0.1) is 10.1 Å². The maximum Gasteiger partial charge on any atom is 0.271 e. The van der Waals surface area contributed by atoms with Crippen molar-refractivity contribution in [2.45, 2.75) is 26.4 Å². The Kier molecular flexibility index (Phi) is 8.73. The Morgan fingerprint density at radius 1 is 1.08 bits per heavy atom. The number of halogens is 1. The number of carbonyl (C=O) groups is 1. The SMILES string of the molecule is CCOc1cc(/C=N\NC(=O)c2ccc(N3CCCC3)cc2)c(Br)cc1OCc1ccc([N+](=O)[O-])cc1. The molecule has 1 amide bonds. The van der Waals surface area contributed by atoms with Crippen LogP contribution < -0.4 is 19.8 Å². The predicted molar refractivity (Wildman–Crippen MR) is 146 cm³/mol. The first-order valence-electron chi connectivity index (χ1n) is 12.0. The van der Waals surface area contributed by atoms with Crippen molar-refractivity contribution in [3.8, 4) is 11.5 Å². The third-order valence-corrected chi connectivity index (χ3v) is 6.56. The summed E-state index contributed by atoms with van der Waals surface area (Å²) in [5.41, 5.74) is 5.72. The van der Waals surface area contributed by atoms with Crippen molar-refractivity contribution < 1.29 is 19.2 Å². The molecule has 3 aromatic rings. The fourth-order valence-electron chi connectivity index (χ4n) is 3.93. The summed E-state index contributed by atoms with van der Waals surface area (Å²) in [4.78, 5) is 25.2. The number of amides is 1. The molecule has 0 radical (unpaired) electrons. The van der Waals surface area contributed by atoms with E-state index in [-0.39, 0.29) is 18.2 Å². The molecule has 0 spiro atoms. The molecule has 0 aromatic heterocycles. The summed E-state index contributed by atoms with van der Waals surface area (Å²) >= 11 is 3.52. The summed E-state index contributed by atoms with van der Waals surface area (Å²) in [7, 11) is 0. The number of hydrogen-bond acceptors (Lipinski definition) is 7. The first kappa shape index (κ1) is 26.2. The van der Waals surface area contributed by atoms with Gasteiger partial charge >= 0.3 is 0 Å². The van der Waals surface area contributed by atoms with Crippen LogP contribution in [0.3, 0.4) is 0 Å². The second-order valence-corrected chi connectivity index (χ2v) is 9.26. The van der Waals surface area contributed by atoms with Crippen LogP contribution in [0.1, 0.15) is 41.3 Å². The molecule has 3 aromatic carbocycles. The predicted octanol–water partition coefficient (Wildman–Crippen LogP) is 5.70. The highest BCUT2D eigenvalue weighted by molar-refractivity contribution is 9.10. The van der Waals surface area contributed by atoms with Crippen molar-refractivity contribution in [3.05, 3.63) is 91.9 Å². The highest BCUT2D eigenvalue weighted by atomic mass is 79.9. The van der Waals surface area contributed by atoms with Gasteiger partial charge in [0.2, 0.25) is 0 Å². The van der Waals surface area contributed by atoms with Gasteiger partial charge in [0, 0.05) is 46.5 Å². The molecule has 0 saturated carbocycles. The molecule has 4 rings (SSSR count). The molecule has 0 bridgehead atoms. The topological polar surface area (TPSA) is 106 Å². The van der Waals surface area contributed by atoms with Crippen LogP contribution in [0.2, 0.25) is 0 Å². The second kappa shape index (κ2) is 12.4. The lowest BCUT2D eigenvalue weighted by Crippen LogP contribution is -2.19. The number of anilines is 1. The second-order valence-electron chi connectivity index (χ2n) is 8.41. The van der Waals surface area contributed by atoms with Gasteiger partial charge in [0.05, 0.1) is 17.7 Å². The Morgan fingerprint density at radius 3 is 2.41 bits per heavy atom. The third-order valence-electron chi connectivity index (χ3n) is 5.87. The number of benzene rings is 3. The molecule has 192 valence electrons. The van der Waals surface area contributed by atoms with E-state index in [2.05, 4.69) is 31.4 Å². The molecule has 0 aliphatic carbocycles. The van der Waals surface area contributed by atoms with Gasteiger partial charge in [0.1, 0.15) is 6.61 Å². The van der Waals surface area contributed by atoms with E-state index in [1.807, 2.05) is 19.1 Å². The largest absolute Gasteiger partial charge is 0.490 e. The van der Waals surface area contributed by atoms with E-state index < -0.39 is 4.92 Å². The standard InChI is InChI=1S/C27H27BrN4O5/c1-2-36-25-15-21(24(28)16-26(25)37-18-19-5-9-23(10-6-19)32(34)35)17-29-30-27(33)20-7-11-22(12-8-20)31-13-3-4-14-31/h5-12,15-17H,2-4,13-14,18H2,1H3,(H,30,33)/b29-17-. The smallest absolute Gasteiger partial charge is 0.271 e. The molecule has 37 heavy (non-hydrogen) atoms. The highest BCUT2D eigenvalue weighted by Crippen LogP contribution is 2.34. The summed E-state index contributed by atoms with van der Waals surface area (Å²) in [6, 6.07) is 17.2. The number of ether oxygens (including phenoxy) is 2. The number of rotatable bonds is 10. The molecule has 9 nitrogen and oxygen atoms in total. The van der Waals surface area contributed by atoms with Crippen LogP contribution in [0.15, 0.2) is 70.2 Å². The zero-order valence-electron chi connectivity index (χ0n) is 20.4. The van der Waals surface area contributed by atoms with E-state index in [4.69, 9.17) is 9.47 Å². The summed E-state index contributed by atoms with van der Waals surface area (Å²) in [6.07, 6.45) is 3.93. The Morgan fingerprint density at radius 2 is 1.76 bits per heavy atom. The lowest BCUT2D eigenvalue weighted by Gasteiger charge is -2.17. The van der Waals surface area contributed by atoms with Gasteiger partial charge in [-0.05, 0) is 89.8 Å². The van der Waals surface area contributed by atoms with Crippen LogP contribution in [-0.4, -0.2) is 36.7 Å². The maximum absolute atomic E-state index is 12.5. The molecular weight excluding hydrogens is 540 g/mol. The van der Waals surface area contributed by atoms with E-state index in [1.165, 1.54) is 31.2 Å². The van der Waals surface area contributed by atoms with Crippen LogP contribution in [0.25, 0.3) is 0 Å². The fourth-order valence-corrected chi connectivity index (χ4v) is 4.35. The highest BCUT2D eigenvalue weighted by Gasteiger charge is 2.14. The van der Waals surface area contributed by atoms with E-state index in [9.17, 15) is 14.9 Å². The molecule has 10 heteroatoms. The van der Waals surface area contributed by atoms with Crippen molar-refractivity contribution in [3.63, 3.8) is 0 Å². The number of nitrogens with one attached hydrogen (secondary N) is 1. The summed E-state index contributed by atoms with van der Waals surface area (Å²) in [5, 5.41) is 14.9. The molecule has 0 unspecified atom stereocenters. The van der Waals surface area contributed by atoms with Crippen molar-refractivity contribution in [1.82, 2.24) is 5.43 Å². The average Bonchev–Trinajstić information content (AvgIpc) is 3.45. The fraction of sp³-hybridized carbons (Fsp3) is 0.259. The van der Waals surface area contributed by atoms with Crippen LogP contribution in [0.4, 0.5) is 11.4 Å². The minimum Gasteiger partial charge on any atom is -0.490 e. The lowest BCUT2D eigenvalue weighted by molar-refractivity contribution is -0.384. The van der Waals surface area contributed by atoms with Crippen LogP contribution in [0.5, 0.6) is 11.5 Å². The summed E-state index contributed by atoms with van der Waals surface area (Å²) in [6.45, 7) is 4.61. The number of hydrogen-bond donors (Lipinski definition) is 1. The van der Waals surface area contributed by atoms with Gasteiger partial charge < -0.3 is 14.4 Å². The summed E-state index contributed by atoms with van der Waals surface area (Å²) in [5.74, 6) is 0.720. The van der Waals surface area contributed by atoms with Gasteiger partial charge in [-0.25, -0.2) is 5.43 Å². The molecule has 1 aliphatic rings. The Labute approximate surface area is 223 Å². The van der Waals surface area contributed by atoms with E-state index in [0.29, 0.717) is 33.7 Å². The van der Waals surface area contributed by atoms with Crippen molar-refractivity contribution >= 4 is 39.4 Å². The maximum atomic E-state index is 12.5. The van der Waals surface area contributed by atoms with E-state index in [0.717, 1.165) is 24.3 Å². The van der Waals surface area contributed by atoms with Gasteiger partial charge in [-0.3, -0.25) is 14.9 Å². The first-order chi connectivity index (χ1) is 17.9. The molecule has 1 fully saturated rings. The normalized spacial score (nSPS) is 13.1. The van der Waals surface area contributed by atoms with E-state index in [1.54, 1.807) is 36.4 Å². The zero-order valence-corrected chi connectivity index (χ0v) is 21.9. The number of nitro groups is 1. The Hall–Kier alpha value is -3.92. The van der Waals surface area contributed by atoms with Gasteiger partial charge in [0.25, 0.3) is 11.6 Å². The van der Waals surface area contributed by atoms with Gasteiger partial charge in [0.15, 0.2) is 11.5 Å². The van der Waals surface area contributed by atoms with Crippen molar-refractivity contribution in [2.24, 2.45) is 5.10 Å². The van der Waals surface area contributed by atoms with Crippen molar-refractivity contribution in [1.29, 1.82) is 0 Å². The minimum atomic E-state index is -0.442. The third kappa shape index (κ3) is 6.85. The lowest BCUT2D eigenvalue weighted by atomic mass is 10.2. The van der Waals surface area contributed by atoms with E-state index >= 15 is 0 Å². The number of nitrogens with zero attached hydrogens (tertiary/aromatic N) is 3. The Balaban J connectivity index is 1.39. The van der Waals surface area contributed by atoms with Gasteiger partial charge in [-0.1, -0.05) is 0 Å². The molecule has 0 atom stereocenters. The molecular formula is C27H27BrN4O5. The number of non-ortho nitro benzene ring substituents is 1. The molecule has 1 aliphatic heterocycles. The summed E-state index contributed by atoms with van der Waals surface area (Å²) < 4.78 is 12.3. The molecule has 1 heterocycles. The average molecular weight is 567 g/mol.